The number of hydrogen-bond acceptors (Lipinski definition) is 3. The van der Waals surface area contributed by atoms with Crippen molar-refractivity contribution in [1.82, 2.24) is 4.90 Å². The number of anilines is 1. The number of carbonyl (C=O) groups is 1. The lowest BCUT2D eigenvalue weighted by molar-refractivity contribution is -0.142. The molecule has 4 heteroatoms. The zero-order valence-corrected chi connectivity index (χ0v) is 10.9. The van der Waals surface area contributed by atoms with Crippen LogP contribution in [-0.4, -0.2) is 47.7 Å². The molecule has 1 fully saturated rings. The molecule has 0 saturated carbocycles. The Morgan fingerprint density at radius 1 is 1.33 bits per heavy atom. The average Bonchev–Trinajstić information content (AvgIpc) is 2.38. The monoisotopic (exact) mass is 248 g/mol. The van der Waals surface area contributed by atoms with Crippen LogP contribution in [0.5, 0.6) is 0 Å². The van der Waals surface area contributed by atoms with Gasteiger partial charge in [0, 0.05) is 31.4 Å². The maximum atomic E-state index is 11.0. The first-order valence-electron chi connectivity index (χ1n) is 6.38. The Labute approximate surface area is 108 Å². The van der Waals surface area contributed by atoms with Crippen LogP contribution in [0.1, 0.15) is 13.8 Å². The first kappa shape index (κ1) is 12.9. The third-order valence-corrected chi connectivity index (χ3v) is 3.65. The molecule has 2 atom stereocenters. The lowest BCUT2D eigenvalue weighted by Gasteiger charge is -2.42. The van der Waals surface area contributed by atoms with E-state index < -0.39 is 12.0 Å². The number of carboxylic acids is 1. The second-order valence-corrected chi connectivity index (χ2v) is 4.89. The average molecular weight is 248 g/mol. The molecular formula is C14H20N2O2. The van der Waals surface area contributed by atoms with Crippen molar-refractivity contribution < 1.29 is 9.90 Å². The number of hydrogen-bond donors (Lipinski definition) is 1. The van der Waals surface area contributed by atoms with Gasteiger partial charge in [0.2, 0.25) is 0 Å². The summed E-state index contributed by atoms with van der Waals surface area (Å²) in [5, 5.41) is 9.05. The summed E-state index contributed by atoms with van der Waals surface area (Å²) in [4.78, 5) is 15.4. The van der Waals surface area contributed by atoms with Crippen LogP contribution >= 0.6 is 0 Å². The normalized spacial score (nSPS) is 22.8. The number of nitrogens with zero attached hydrogens (tertiary/aromatic N) is 2. The minimum atomic E-state index is -0.740. The number of rotatable bonds is 3. The van der Waals surface area contributed by atoms with Gasteiger partial charge >= 0.3 is 5.97 Å². The van der Waals surface area contributed by atoms with Crippen molar-refractivity contribution in [3.63, 3.8) is 0 Å². The molecule has 18 heavy (non-hydrogen) atoms. The van der Waals surface area contributed by atoms with Gasteiger partial charge in [-0.05, 0) is 26.0 Å². The molecule has 0 bridgehead atoms. The molecule has 98 valence electrons. The van der Waals surface area contributed by atoms with E-state index in [1.807, 2.05) is 23.1 Å². The maximum Gasteiger partial charge on any atom is 0.320 e. The Hall–Kier alpha value is -1.55. The SMILES string of the molecule is CC(C(=O)O)N1CCN(c2ccccc2)C(C)C1. The van der Waals surface area contributed by atoms with Crippen LogP contribution in [0.25, 0.3) is 0 Å². The fraction of sp³-hybridized carbons (Fsp3) is 0.500. The summed E-state index contributed by atoms with van der Waals surface area (Å²) in [5.41, 5.74) is 1.22. The maximum absolute atomic E-state index is 11.0. The quantitative estimate of drug-likeness (QED) is 0.883. The van der Waals surface area contributed by atoms with Gasteiger partial charge in [0.25, 0.3) is 0 Å². The van der Waals surface area contributed by atoms with Gasteiger partial charge in [0.15, 0.2) is 0 Å². The van der Waals surface area contributed by atoms with Gasteiger partial charge in [0.05, 0.1) is 0 Å². The predicted molar refractivity (Wildman–Crippen MR) is 71.9 cm³/mol. The Bertz CT molecular complexity index is 408. The van der Waals surface area contributed by atoms with Crippen LogP contribution in [0, 0.1) is 0 Å². The summed E-state index contributed by atoms with van der Waals surface area (Å²) in [6, 6.07) is 10.2. The zero-order chi connectivity index (χ0) is 13.1. The molecule has 0 amide bonds. The fourth-order valence-corrected chi connectivity index (χ4v) is 2.50. The van der Waals surface area contributed by atoms with Crippen LogP contribution in [0.4, 0.5) is 5.69 Å². The highest BCUT2D eigenvalue weighted by molar-refractivity contribution is 5.73. The van der Waals surface area contributed by atoms with Crippen LogP contribution in [0.3, 0.4) is 0 Å². The van der Waals surface area contributed by atoms with Gasteiger partial charge < -0.3 is 10.0 Å². The lowest BCUT2D eigenvalue weighted by atomic mass is 10.1. The predicted octanol–water partition coefficient (Wildman–Crippen LogP) is 1.67. The van der Waals surface area contributed by atoms with Crippen molar-refractivity contribution >= 4 is 11.7 Å². The van der Waals surface area contributed by atoms with E-state index in [-0.39, 0.29) is 0 Å². The summed E-state index contributed by atoms with van der Waals surface area (Å²) in [6.45, 7) is 6.37. The smallest absolute Gasteiger partial charge is 0.320 e. The molecule has 0 aromatic heterocycles. The Morgan fingerprint density at radius 3 is 2.56 bits per heavy atom. The zero-order valence-electron chi connectivity index (χ0n) is 10.9. The van der Waals surface area contributed by atoms with Crippen LogP contribution in [0.15, 0.2) is 30.3 Å². The number of carboxylic acid groups (broad SMARTS) is 1. The highest BCUT2D eigenvalue weighted by Crippen LogP contribution is 2.20. The van der Waals surface area contributed by atoms with Gasteiger partial charge in [0.1, 0.15) is 6.04 Å². The minimum Gasteiger partial charge on any atom is -0.480 e. The van der Waals surface area contributed by atoms with Gasteiger partial charge in [-0.2, -0.15) is 0 Å². The molecule has 1 aliphatic rings. The van der Waals surface area contributed by atoms with Gasteiger partial charge in [-0.25, -0.2) is 0 Å². The van der Waals surface area contributed by atoms with Gasteiger partial charge in [-0.15, -0.1) is 0 Å². The molecule has 1 N–H and O–H groups in total. The molecule has 4 nitrogen and oxygen atoms in total. The molecule has 1 saturated heterocycles. The lowest BCUT2D eigenvalue weighted by Crippen LogP contribution is -2.56. The van der Waals surface area contributed by atoms with E-state index in [0.717, 1.165) is 19.6 Å². The van der Waals surface area contributed by atoms with E-state index >= 15 is 0 Å². The summed E-state index contributed by atoms with van der Waals surface area (Å²) < 4.78 is 0. The van der Waals surface area contributed by atoms with Crippen LogP contribution in [0.2, 0.25) is 0 Å². The number of benzene rings is 1. The molecule has 0 spiro atoms. The van der Waals surface area contributed by atoms with E-state index in [2.05, 4.69) is 24.0 Å². The molecule has 1 aliphatic heterocycles. The molecule has 0 radical (unpaired) electrons. The molecule has 1 aromatic carbocycles. The van der Waals surface area contributed by atoms with Crippen molar-refractivity contribution in [1.29, 1.82) is 0 Å². The second-order valence-electron chi connectivity index (χ2n) is 4.89. The Kier molecular flexibility index (Phi) is 3.87. The van der Waals surface area contributed by atoms with Gasteiger partial charge in [-0.3, -0.25) is 9.69 Å². The van der Waals surface area contributed by atoms with Gasteiger partial charge in [-0.1, -0.05) is 18.2 Å². The first-order chi connectivity index (χ1) is 8.59. The van der Waals surface area contributed by atoms with Crippen molar-refractivity contribution in [3.05, 3.63) is 30.3 Å². The summed E-state index contributed by atoms with van der Waals surface area (Å²) in [6.07, 6.45) is 0. The second kappa shape index (κ2) is 5.40. The molecule has 2 unspecified atom stereocenters. The molecule has 0 aliphatic carbocycles. The van der Waals surface area contributed by atoms with Crippen LogP contribution < -0.4 is 4.90 Å². The number of para-hydroxylation sites is 1. The van der Waals surface area contributed by atoms with E-state index in [1.165, 1.54) is 5.69 Å². The van der Waals surface area contributed by atoms with E-state index in [0.29, 0.717) is 6.04 Å². The van der Waals surface area contributed by atoms with E-state index in [1.54, 1.807) is 6.92 Å². The fourth-order valence-electron chi connectivity index (χ4n) is 2.50. The summed E-state index contributed by atoms with van der Waals surface area (Å²) in [7, 11) is 0. The number of aliphatic carboxylic acids is 1. The van der Waals surface area contributed by atoms with Crippen molar-refractivity contribution in [2.75, 3.05) is 24.5 Å². The van der Waals surface area contributed by atoms with Crippen molar-refractivity contribution in [2.24, 2.45) is 0 Å². The summed E-state index contributed by atoms with van der Waals surface area (Å²) in [5.74, 6) is -0.740. The molecule has 1 aromatic rings. The Balaban J connectivity index is 2.03. The highest BCUT2D eigenvalue weighted by Gasteiger charge is 2.29. The first-order valence-corrected chi connectivity index (χ1v) is 6.38. The topological polar surface area (TPSA) is 43.8 Å². The van der Waals surface area contributed by atoms with Crippen molar-refractivity contribution in [2.45, 2.75) is 25.9 Å². The molecular weight excluding hydrogens is 228 g/mol. The van der Waals surface area contributed by atoms with Crippen molar-refractivity contribution in [3.8, 4) is 0 Å². The minimum absolute atomic E-state index is 0.336. The molecule has 2 rings (SSSR count). The molecule has 1 heterocycles. The standard InChI is InChI=1S/C14H20N2O2/c1-11-10-15(12(2)14(17)18)8-9-16(11)13-6-4-3-5-7-13/h3-7,11-12H,8-10H2,1-2H3,(H,17,18). The third kappa shape index (κ3) is 2.64. The summed E-state index contributed by atoms with van der Waals surface area (Å²) >= 11 is 0. The number of piperazine rings is 1. The highest BCUT2D eigenvalue weighted by atomic mass is 16.4. The van der Waals surface area contributed by atoms with E-state index in [9.17, 15) is 4.79 Å². The largest absolute Gasteiger partial charge is 0.480 e. The van der Waals surface area contributed by atoms with E-state index in [4.69, 9.17) is 5.11 Å². The Morgan fingerprint density at radius 2 is 2.00 bits per heavy atom. The third-order valence-electron chi connectivity index (χ3n) is 3.65. The van der Waals surface area contributed by atoms with Crippen LogP contribution in [-0.2, 0) is 4.79 Å².